The molecule has 108 valence electrons. The average Bonchev–Trinajstić information content (AvgIpc) is 2.65. The molecule has 2 rings (SSSR count). The van der Waals surface area contributed by atoms with Crippen LogP contribution in [0.2, 0.25) is 0 Å². The third kappa shape index (κ3) is 2.95. The van der Waals surface area contributed by atoms with Crippen LogP contribution in [0.25, 0.3) is 0 Å². The first-order valence-electron chi connectivity index (χ1n) is 6.03. The molecule has 0 spiro atoms. The fourth-order valence-electron chi connectivity index (χ4n) is 2.14. The van der Waals surface area contributed by atoms with Gasteiger partial charge in [-0.25, -0.2) is 4.39 Å². The molecule has 0 aliphatic rings. The summed E-state index contributed by atoms with van der Waals surface area (Å²) in [5, 5.41) is 4.35. The van der Waals surface area contributed by atoms with Crippen LogP contribution >= 0.6 is 31.9 Å². The van der Waals surface area contributed by atoms with Crippen LogP contribution in [-0.4, -0.2) is 9.78 Å². The zero-order valence-corrected chi connectivity index (χ0v) is 14.3. The summed E-state index contributed by atoms with van der Waals surface area (Å²) in [6.07, 6.45) is 0.594. The first-order chi connectivity index (χ1) is 9.45. The zero-order chi connectivity index (χ0) is 14.9. The highest BCUT2D eigenvalue weighted by Crippen LogP contribution is 2.30. The van der Waals surface area contributed by atoms with Gasteiger partial charge in [-0.3, -0.25) is 16.0 Å². The predicted molar refractivity (Wildman–Crippen MR) is 83.5 cm³/mol. The molecular weight excluding hydrogens is 391 g/mol. The van der Waals surface area contributed by atoms with Gasteiger partial charge in [-0.2, -0.15) is 5.10 Å². The fourth-order valence-corrected chi connectivity index (χ4v) is 3.18. The Labute approximate surface area is 133 Å². The Kier molecular flexibility index (Phi) is 4.95. The van der Waals surface area contributed by atoms with Gasteiger partial charge in [-0.15, -0.1) is 0 Å². The van der Waals surface area contributed by atoms with Gasteiger partial charge in [-0.1, -0.05) is 12.1 Å². The molecule has 20 heavy (non-hydrogen) atoms. The molecule has 0 bridgehead atoms. The highest BCUT2D eigenvalue weighted by molar-refractivity contribution is 9.10. The van der Waals surface area contributed by atoms with E-state index in [-0.39, 0.29) is 11.9 Å². The van der Waals surface area contributed by atoms with Crippen molar-refractivity contribution in [2.75, 3.05) is 0 Å². The van der Waals surface area contributed by atoms with E-state index in [4.69, 9.17) is 5.84 Å². The van der Waals surface area contributed by atoms with Crippen molar-refractivity contribution in [3.05, 3.63) is 49.9 Å². The van der Waals surface area contributed by atoms with Crippen molar-refractivity contribution in [2.45, 2.75) is 19.4 Å². The Bertz CT molecular complexity index is 627. The van der Waals surface area contributed by atoms with Gasteiger partial charge in [0.25, 0.3) is 0 Å². The van der Waals surface area contributed by atoms with Crippen LogP contribution in [0.3, 0.4) is 0 Å². The molecule has 2 aromatic rings. The molecule has 0 saturated heterocycles. The minimum absolute atomic E-state index is 0.217. The van der Waals surface area contributed by atoms with Crippen molar-refractivity contribution < 1.29 is 4.39 Å². The summed E-state index contributed by atoms with van der Waals surface area (Å²) in [6, 6.07) is 4.70. The molecule has 1 aromatic carbocycles. The van der Waals surface area contributed by atoms with Crippen molar-refractivity contribution in [1.82, 2.24) is 15.2 Å². The average molecular weight is 406 g/mol. The molecule has 0 radical (unpaired) electrons. The number of nitrogens with two attached hydrogens (primary N) is 1. The Balaban J connectivity index is 2.36. The Morgan fingerprint density at radius 1 is 1.40 bits per heavy atom. The standard InChI is InChI=1S/C13H15Br2FN4/c1-7-12(14)11(20(2)19-7)6-10(18-17)8-4-3-5-9(16)13(8)15/h3-5,10,18H,6,17H2,1-2H3. The fraction of sp³-hybridized carbons (Fsp3) is 0.308. The van der Waals surface area contributed by atoms with E-state index in [1.807, 2.05) is 20.0 Å². The van der Waals surface area contributed by atoms with Gasteiger partial charge in [0.15, 0.2) is 0 Å². The topological polar surface area (TPSA) is 55.9 Å². The van der Waals surface area contributed by atoms with Crippen LogP contribution in [0.15, 0.2) is 27.1 Å². The van der Waals surface area contributed by atoms with Crippen LogP contribution in [0.1, 0.15) is 23.0 Å². The van der Waals surface area contributed by atoms with Crippen LogP contribution in [0.5, 0.6) is 0 Å². The molecule has 0 aliphatic heterocycles. The molecule has 1 unspecified atom stereocenters. The molecule has 0 fully saturated rings. The largest absolute Gasteiger partial charge is 0.271 e. The maximum absolute atomic E-state index is 13.6. The quantitative estimate of drug-likeness (QED) is 0.606. The van der Waals surface area contributed by atoms with E-state index in [1.54, 1.807) is 10.7 Å². The summed E-state index contributed by atoms with van der Waals surface area (Å²) in [4.78, 5) is 0. The number of hydrazine groups is 1. The van der Waals surface area contributed by atoms with Gasteiger partial charge in [0.2, 0.25) is 0 Å². The van der Waals surface area contributed by atoms with E-state index < -0.39 is 0 Å². The molecule has 4 nitrogen and oxygen atoms in total. The first kappa shape index (κ1) is 15.6. The second kappa shape index (κ2) is 6.34. The molecule has 0 aliphatic carbocycles. The van der Waals surface area contributed by atoms with E-state index in [9.17, 15) is 4.39 Å². The molecule has 1 aromatic heterocycles. The van der Waals surface area contributed by atoms with Gasteiger partial charge in [0.1, 0.15) is 5.82 Å². The number of aromatic nitrogens is 2. The molecule has 3 N–H and O–H groups in total. The lowest BCUT2D eigenvalue weighted by Crippen LogP contribution is -2.30. The lowest BCUT2D eigenvalue weighted by atomic mass is 10.0. The summed E-state index contributed by atoms with van der Waals surface area (Å²) < 4.78 is 16.8. The van der Waals surface area contributed by atoms with Crippen molar-refractivity contribution in [3.63, 3.8) is 0 Å². The predicted octanol–water partition coefficient (Wildman–Crippen LogP) is 3.14. The zero-order valence-electron chi connectivity index (χ0n) is 11.1. The maximum atomic E-state index is 13.6. The van der Waals surface area contributed by atoms with Crippen molar-refractivity contribution in [3.8, 4) is 0 Å². The molecule has 1 atom stereocenters. The molecule has 1 heterocycles. The summed E-state index contributed by atoms with van der Waals surface area (Å²) in [7, 11) is 1.88. The van der Waals surface area contributed by atoms with E-state index in [2.05, 4.69) is 42.4 Å². The third-order valence-electron chi connectivity index (χ3n) is 3.22. The van der Waals surface area contributed by atoms with E-state index in [0.717, 1.165) is 21.4 Å². The Morgan fingerprint density at radius 3 is 2.65 bits per heavy atom. The Hall–Kier alpha value is -0.760. The summed E-state index contributed by atoms with van der Waals surface area (Å²) >= 11 is 6.80. The van der Waals surface area contributed by atoms with Gasteiger partial charge in [0.05, 0.1) is 26.4 Å². The van der Waals surface area contributed by atoms with Crippen molar-refractivity contribution in [2.24, 2.45) is 12.9 Å². The minimum Gasteiger partial charge on any atom is -0.271 e. The number of aryl methyl sites for hydroxylation is 2. The third-order valence-corrected chi connectivity index (χ3v) is 5.09. The van der Waals surface area contributed by atoms with Crippen molar-refractivity contribution >= 4 is 31.9 Å². The molecule has 0 amide bonds. The second-order valence-electron chi connectivity index (χ2n) is 4.54. The number of halogens is 3. The number of hydrogen-bond donors (Lipinski definition) is 2. The SMILES string of the molecule is Cc1nn(C)c(CC(NN)c2cccc(F)c2Br)c1Br. The smallest absolute Gasteiger partial charge is 0.137 e. The van der Waals surface area contributed by atoms with Crippen LogP contribution in [-0.2, 0) is 13.5 Å². The first-order valence-corrected chi connectivity index (χ1v) is 7.62. The number of benzene rings is 1. The normalized spacial score (nSPS) is 12.7. The highest BCUT2D eigenvalue weighted by atomic mass is 79.9. The molecule has 7 heteroatoms. The second-order valence-corrected chi connectivity index (χ2v) is 6.12. The maximum Gasteiger partial charge on any atom is 0.137 e. The van der Waals surface area contributed by atoms with Gasteiger partial charge >= 0.3 is 0 Å². The summed E-state index contributed by atoms with van der Waals surface area (Å²) in [5.74, 6) is 5.34. The monoisotopic (exact) mass is 404 g/mol. The lowest BCUT2D eigenvalue weighted by molar-refractivity contribution is 0.521. The number of hydrogen-bond acceptors (Lipinski definition) is 3. The van der Waals surface area contributed by atoms with Gasteiger partial charge < -0.3 is 0 Å². The van der Waals surface area contributed by atoms with Crippen molar-refractivity contribution in [1.29, 1.82) is 0 Å². The Morgan fingerprint density at radius 2 is 2.10 bits per heavy atom. The lowest BCUT2D eigenvalue weighted by Gasteiger charge is -2.18. The summed E-state index contributed by atoms with van der Waals surface area (Å²) in [5.41, 5.74) is 5.43. The van der Waals surface area contributed by atoms with E-state index in [1.165, 1.54) is 6.07 Å². The molecule has 0 saturated carbocycles. The van der Waals surface area contributed by atoms with Crippen LogP contribution in [0, 0.1) is 12.7 Å². The number of rotatable bonds is 4. The minimum atomic E-state index is -0.303. The van der Waals surface area contributed by atoms with Gasteiger partial charge in [-0.05, 0) is 50.4 Å². The highest BCUT2D eigenvalue weighted by Gasteiger charge is 2.20. The summed E-state index contributed by atoms with van der Waals surface area (Å²) in [6.45, 7) is 1.93. The van der Waals surface area contributed by atoms with Crippen LogP contribution in [0.4, 0.5) is 4.39 Å². The van der Waals surface area contributed by atoms with Crippen LogP contribution < -0.4 is 11.3 Å². The van der Waals surface area contributed by atoms with E-state index in [0.29, 0.717) is 10.9 Å². The van der Waals surface area contributed by atoms with E-state index >= 15 is 0 Å². The molecular formula is C13H15Br2FN4. The van der Waals surface area contributed by atoms with Gasteiger partial charge in [0, 0.05) is 13.5 Å². The number of nitrogens with zero attached hydrogens (tertiary/aromatic N) is 2. The number of nitrogens with one attached hydrogen (secondary N) is 1.